The molecule has 1 unspecified atom stereocenters. The summed E-state index contributed by atoms with van der Waals surface area (Å²) in [5, 5.41) is 11.6. The van der Waals surface area contributed by atoms with Gasteiger partial charge in [0.1, 0.15) is 0 Å². The van der Waals surface area contributed by atoms with Crippen molar-refractivity contribution in [2.75, 3.05) is 16.8 Å². The molecule has 1 aliphatic rings. The summed E-state index contributed by atoms with van der Waals surface area (Å²) >= 11 is 1.81. The molecule has 1 aromatic carbocycles. The Kier molecular flexibility index (Phi) is 4.85. The van der Waals surface area contributed by atoms with E-state index in [-0.39, 0.29) is 18.2 Å². The van der Waals surface area contributed by atoms with Crippen LogP contribution < -0.4 is 5.32 Å². The van der Waals surface area contributed by atoms with Gasteiger partial charge < -0.3 is 10.4 Å². The van der Waals surface area contributed by atoms with E-state index in [4.69, 9.17) is 5.11 Å². The molecule has 0 bridgehead atoms. The SMILES string of the molecule is O=C(O)CCc1cccc(NC(=O)C2CCSC2)c1. The lowest BCUT2D eigenvalue weighted by atomic mass is 10.1. The van der Waals surface area contributed by atoms with Gasteiger partial charge in [-0.25, -0.2) is 0 Å². The topological polar surface area (TPSA) is 66.4 Å². The zero-order valence-electron chi connectivity index (χ0n) is 10.6. The molecule has 0 aliphatic carbocycles. The highest BCUT2D eigenvalue weighted by Crippen LogP contribution is 2.24. The van der Waals surface area contributed by atoms with Crippen LogP contribution in [0, 0.1) is 5.92 Å². The molecule has 1 atom stereocenters. The van der Waals surface area contributed by atoms with Crippen molar-refractivity contribution in [3.63, 3.8) is 0 Å². The van der Waals surface area contributed by atoms with Crippen LogP contribution in [-0.2, 0) is 16.0 Å². The van der Waals surface area contributed by atoms with Gasteiger partial charge in [-0.2, -0.15) is 11.8 Å². The standard InChI is InChI=1S/C14H17NO3S/c16-13(17)5-4-10-2-1-3-12(8-10)15-14(18)11-6-7-19-9-11/h1-3,8,11H,4-7,9H2,(H,15,18)(H,16,17). The van der Waals surface area contributed by atoms with E-state index in [1.165, 1.54) is 0 Å². The van der Waals surface area contributed by atoms with E-state index >= 15 is 0 Å². The zero-order chi connectivity index (χ0) is 13.7. The van der Waals surface area contributed by atoms with Gasteiger partial charge in [-0.05, 0) is 36.3 Å². The van der Waals surface area contributed by atoms with Crippen LogP contribution >= 0.6 is 11.8 Å². The molecule has 1 fully saturated rings. The Hall–Kier alpha value is -1.49. The first kappa shape index (κ1) is 13.9. The summed E-state index contributed by atoms with van der Waals surface area (Å²) in [5.41, 5.74) is 1.69. The number of benzene rings is 1. The highest BCUT2D eigenvalue weighted by atomic mass is 32.2. The molecule has 1 aromatic rings. The number of thioether (sulfide) groups is 1. The molecule has 19 heavy (non-hydrogen) atoms. The third-order valence-electron chi connectivity index (χ3n) is 3.12. The summed E-state index contributed by atoms with van der Waals surface area (Å²) < 4.78 is 0. The third-order valence-corrected chi connectivity index (χ3v) is 4.28. The normalized spacial score (nSPS) is 18.2. The van der Waals surface area contributed by atoms with Crippen LogP contribution in [0.5, 0.6) is 0 Å². The van der Waals surface area contributed by atoms with Crippen LogP contribution in [0.15, 0.2) is 24.3 Å². The number of hydrogen-bond acceptors (Lipinski definition) is 3. The van der Waals surface area contributed by atoms with Crippen molar-refractivity contribution in [2.45, 2.75) is 19.3 Å². The monoisotopic (exact) mass is 279 g/mol. The molecule has 2 rings (SSSR count). The smallest absolute Gasteiger partial charge is 0.303 e. The van der Waals surface area contributed by atoms with E-state index in [1.54, 1.807) is 0 Å². The maximum atomic E-state index is 12.0. The van der Waals surface area contributed by atoms with Crippen LogP contribution in [0.3, 0.4) is 0 Å². The highest BCUT2D eigenvalue weighted by Gasteiger charge is 2.23. The second-order valence-electron chi connectivity index (χ2n) is 4.64. The number of carboxylic acid groups (broad SMARTS) is 1. The molecule has 1 aliphatic heterocycles. The molecule has 4 nitrogen and oxygen atoms in total. The number of carbonyl (C=O) groups is 2. The van der Waals surface area contributed by atoms with Crippen molar-refractivity contribution < 1.29 is 14.7 Å². The Labute approximate surface area is 116 Å². The summed E-state index contributed by atoms with van der Waals surface area (Å²) in [7, 11) is 0. The van der Waals surface area contributed by atoms with Crippen LogP contribution in [0.25, 0.3) is 0 Å². The van der Waals surface area contributed by atoms with Gasteiger partial charge in [0.25, 0.3) is 0 Å². The minimum absolute atomic E-state index is 0.0698. The highest BCUT2D eigenvalue weighted by molar-refractivity contribution is 7.99. The first-order valence-corrected chi connectivity index (χ1v) is 7.50. The third kappa shape index (κ3) is 4.28. The first-order valence-electron chi connectivity index (χ1n) is 6.34. The number of amides is 1. The minimum atomic E-state index is -0.808. The number of aryl methyl sites for hydroxylation is 1. The molecule has 0 radical (unpaired) electrons. The second-order valence-corrected chi connectivity index (χ2v) is 5.79. The summed E-state index contributed by atoms with van der Waals surface area (Å²) in [4.78, 5) is 22.5. The summed E-state index contributed by atoms with van der Waals surface area (Å²) in [6.45, 7) is 0. The number of aliphatic carboxylic acids is 1. The van der Waals surface area contributed by atoms with Gasteiger partial charge in [-0.15, -0.1) is 0 Å². The lowest BCUT2D eigenvalue weighted by Gasteiger charge is -2.10. The van der Waals surface area contributed by atoms with Crippen molar-refractivity contribution in [2.24, 2.45) is 5.92 Å². The molecule has 0 spiro atoms. The fourth-order valence-corrected chi connectivity index (χ4v) is 3.26. The number of nitrogens with one attached hydrogen (secondary N) is 1. The molecule has 5 heteroatoms. The molecular weight excluding hydrogens is 262 g/mol. The molecule has 1 saturated heterocycles. The number of anilines is 1. The summed E-state index contributed by atoms with van der Waals surface area (Å²) in [5.74, 6) is 1.31. The lowest BCUT2D eigenvalue weighted by molar-refractivity contribution is -0.137. The second kappa shape index (κ2) is 6.61. The average Bonchev–Trinajstić information content (AvgIpc) is 2.91. The predicted octanol–water partition coefficient (Wildman–Crippen LogP) is 2.40. The van der Waals surface area contributed by atoms with Gasteiger partial charge in [0.2, 0.25) is 5.91 Å². The van der Waals surface area contributed by atoms with Crippen molar-refractivity contribution in [1.82, 2.24) is 0 Å². The number of hydrogen-bond donors (Lipinski definition) is 2. The Morgan fingerprint density at radius 3 is 2.95 bits per heavy atom. The maximum Gasteiger partial charge on any atom is 0.303 e. The molecule has 0 aromatic heterocycles. The maximum absolute atomic E-state index is 12.0. The fourth-order valence-electron chi connectivity index (χ4n) is 2.04. The number of carboxylic acids is 1. The quantitative estimate of drug-likeness (QED) is 0.868. The van der Waals surface area contributed by atoms with Crippen molar-refractivity contribution in [3.8, 4) is 0 Å². The predicted molar refractivity (Wildman–Crippen MR) is 76.5 cm³/mol. The Morgan fingerprint density at radius 2 is 2.26 bits per heavy atom. The van der Waals surface area contributed by atoms with Gasteiger partial charge in [0.05, 0.1) is 0 Å². The van der Waals surface area contributed by atoms with Gasteiger partial charge >= 0.3 is 5.97 Å². The number of rotatable bonds is 5. The van der Waals surface area contributed by atoms with E-state index in [0.29, 0.717) is 6.42 Å². The van der Waals surface area contributed by atoms with E-state index in [0.717, 1.165) is 29.2 Å². The van der Waals surface area contributed by atoms with E-state index in [2.05, 4.69) is 5.32 Å². The van der Waals surface area contributed by atoms with E-state index in [1.807, 2.05) is 36.0 Å². The van der Waals surface area contributed by atoms with Crippen molar-refractivity contribution in [1.29, 1.82) is 0 Å². The molecule has 102 valence electrons. The van der Waals surface area contributed by atoms with Gasteiger partial charge in [-0.3, -0.25) is 9.59 Å². The van der Waals surface area contributed by atoms with Crippen molar-refractivity contribution in [3.05, 3.63) is 29.8 Å². The summed E-state index contributed by atoms with van der Waals surface area (Å²) in [6.07, 6.45) is 1.53. The van der Waals surface area contributed by atoms with E-state index in [9.17, 15) is 9.59 Å². The first-order chi connectivity index (χ1) is 9.15. The minimum Gasteiger partial charge on any atom is -0.481 e. The lowest BCUT2D eigenvalue weighted by Crippen LogP contribution is -2.22. The summed E-state index contributed by atoms with van der Waals surface area (Å²) in [6, 6.07) is 7.41. The largest absolute Gasteiger partial charge is 0.481 e. The molecule has 1 heterocycles. The average molecular weight is 279 g/mol. The molecule has 2 N–H and O–H groups in total. The van der Waals surface area contributed by atoms with Crippen LogP contribution in [-0.4, -0.2) is 28.5 Å². The van der Waals surface area contributed by atoms with Gasteiger partial charge in [0, 0.05) is 23.8 Å². The van der Waals surface area contributed by atoms with Crippen molar-refractivity contribution >= 4 is 29.3 Å². The van der Waals surface area contributed by atoms with Crippen LogP contribution in [0.4, 0.5) is 5.69 Å². The zero-order valence-corrected chi connectivity index (χ0v) is 11.4. The molecule has 0 saturated carbocycles. The van der Waals surface area contributed by atoms with Crippen LogP contribution in [0.1, 0.15) is 18.4 Å². The van der Waals surface area contributed by atoms with Gasteiger partial charge in [-0.1, -0.05) is 12.1 Å². The Morgan fingerprint density at radius 1 is 1.42 bits per heavy atom. The molecular formula is C14H17NO3S. The van der Waals surface area contributed by atoms with Gasteiger partial charge in [0.15, 0.2) is 0 Å². The number of carbonyl (C=O) groups excluding carboxylic acids is 1. The Balaban J connectivity index is 1.94. The van der Waals surface area contributed by atoms with Crippen LogP contribution in [0.2, 0.25) is 0 Å². The fraction of sp³-hybridized carbons (Fsp3) is 0.429. The molecule has 1 amide bonds. The Bertz CT molecular complexity index is 470. The van der Waals surface area contributed by atoms with E-state index < -0.39 is 5.97 Å².